The zero-order chi connectivity index (χ0) is 19.3. The molecule has 142 valence electrons. The minimum absolute atomic E-state index is 0.237. The van der Waals surface area contributed by atoms with Crippen molar-refractivity contribution in [3.63, 3.8) is 0 Å². The molecule has 0 saturated carbocycles. The van der Waals surface area contributed by atoms with E-state index in [1.54, 1.807) is 18.5 Å². The number of nitriles is 1. The molecular formula is C21H20N4O3. The highest BCUT2D eigenvalue weighted by atomic mass is 16.5. The minimum atomic E-state index is 0.237. The molecule has 7 nitrogen and oxygen atoms in total. The number of ether oxygens (including phenoxy) is 3. The molecule has 3 aromatic rings. The van der Waals surface area contributed by atoms with E-state index in [0.29, 0.717) is 11.5 Å². The third kappa shape index (κ3) is 3.60. The standard InChI is InChI=1S/C21H20N4O3/c1-26-21-17(13-22)18(6-8-24-21)28-19-5-4-15(14-25-9-11-27-12-10-25)16-3-2-7-23-20(16)19/h2-8H,9-12,14H2,1H3. The van der Waals surface area contributed by atoms with Crippen LogP contribution < -0.4 is 9.47 Å². The van der Waals surface area contributed by atoms with E-state index < -0.39 is 0 Å². The first kappa shape index (κ1) is 18.2. The lowest BCUT2D eigenvalue weighted by molar-refractivity contribution is 0.0343. The summed E-state index contributed by atoms with van der Waals surface area (Å²) in [5, 5.41) is 10.5. The number of aromatic nitrogens is 2. The van der Waals surface area contributed by atoms with Crippen molar-refractivity contribution in [1.82, 2.24) is 14.9 Å². The quantitative estimate of drug-likeness (QED) is 0.677. The molecule has 1 saturated heterocycles. The molecular weight excluding hydrogens is 356 g/mol. The Labute approximate surface area is 163 Å². The summed E-state index contributed by atoms with van der Waals surface area (Å²) in [6.07, 6.45) is 3.30. The molecule has 1 aliphatic heterocycles. The molecule has 0 unspecified atom stereocenters. The van der Waals surface area contributed by atoms with Gasteiger partial charge in [-0.2, -0.15) is 5.26 Å². The van der Waals surface area contributed by atoms with Crippen molar-refractivity contribution in [2.75, 3.05) is 33.4 Å². The van der Waals surface area contributed by atoms with Crippen LogP contribution >= 0.6 is 0 Å². The molecule has 28 heavy (non-hydrogen) atoms. The van der Waals surface area contributed by atoms with Gasteiger partial charge in [-0.25, -0.2) is 4.98 Å². The van der Waals surface area contributed by atoms with Crippen LogP contribution in [-0.4, -0.2) is 48.3 Å². The summed E-state index contributed by atoms with van der Waals surface area (Å²) in [5.41, 5.74) is 2.20. The maximum absolute atomic E-state index is 9.47. The van der Waals surface area contributed by atoms with Gasteiger partial charge in [0.2, 0.25) is 5.88 Å². The normalized spacial score (nSPS) is 14.6. The Morgan fingerprint density at radius 3 is 2.75 bits per heavy atom. The van der Waals surface area contributed by atoms with Crippen molar-refractivity contribution >= 4 is 10.9 Å². The van der Waals surface area contributed by atoms with Crippen molar-refractivity contribution in [2.45, 2.75) is 6.54 Å². The fraction of sp³-hybridized carbons (Fsp3) is 0.286. The number of pyridine rings is 2. The average Bonchev–Trinajstić information content (AvgIpc) is 2.76. The third-order valence-electron chi connectivity index (χ3n) is 4.72. The second-order valence-electron chi connectivity index (χ2n) is 6.42. The second-order valence-corrected chi connectivity index (χ2v) is 6.42. The van der Waals surface area contributed by atoms with Crippen LogP contribution in [0, 0.1) is 11.3 Å². The monoisotopic (exact) mass is 376 g/mol. The lowest BCUT2D eigenvalue weighted by atomic mass is 10.1. The van der Waals surface area contributed by atoms with Crippen LogP contribution in [0.2, 0.25) is 0 Å². The number of rotatable bonds is 5. The smallest absolute Gasteiger partial charge is 0.235 e. The number of morpholine rings is 1. The maximum Gasteiger partial charge on any atom is 0.235 e. The topological polar surface area (TPSA) is 80.5 Å². The fourth-order valence-corrected chi connectivity index (χ4v) is 3.31. The molecule has 0 radical (unpaired) electrons. The van der Waals surface area contributed by atoms with Gasteiger partial charge in [-0.1, -0.05) is 12.1 Å². The predicted molar refractivity (Wildman–Crippen MR) is 103 cm³/mol. The maximum atomic E-state index is 9.47. The van der Waals surface area contributed by atoms with Crippen LogP contribution in [0.5, 0.6) is 17.4 Å². The molecule has 0 N–H and O–H groups in total. The zero-order valence-corrected chi connectivity index (χ0v) is 15.6. The first-order valence-electron chi connectivity index (χ1n) is 9.08. The van der Waals surface area contributed by atoms with Crippen molar-refractivity contribution in [2.24, 2.45) is 0 Å². The van der Waals surface area contributed by atoms with Gasteiger partial charge in [0.15, 0.2) is 17.1 Å². The predicted octanol–water partition coefficient (Wildman–Crippen LogP) is 3.13. The van der Waals surface area contributed by atoms with E-state index in [1.807, 2.05) is 18.2 Å². The summed E-state index contributed by atoms with van der Waals surface area (Å²) >= 11 is 0. The van der Waals surface area contributed by atoms with Gasteiger partial charge in [0.1, 0.15) is 11.6 Å². The summed E-state index contributed by atoms with van der Waals surface area (Å²) < 4.78 is 16.7. The second kappa shape index (κ2) is 8.21. The van der Waals surface area contributed by atoms with E-state index in [9.17, 15) is 5.26 Å². The molecule has 4 rings (SSSR count). The lowest BCUT2D eigenvalue weighted by Gasteiger charge is -2.27. The van der Waals surface area contributed by atoms with Crippen molar-refractivity contribution in [3.8, 4) is 23.4 Å². The molecule has 1 aliphatic rings. The molecule has 0 atom stereocenters. The summed E-state index contributed by atoms with van der Waals surface area (Å²) in [7, 11) is 1.48. The van der Waals surface area contributed by atoms with Crippen molar-refractivity contribution in [1.29, 1.82) is 5.26 Å². The SMILES string of the molecule is COc1nccc(Oc2ccc(CN3CCOCC3)c3cccnc23)c1C#N. The van der Waals surface area contributed by atoms with Crippen LogP contribution in [0.25, 0.3) is 10.9 Å². The van der Waals surface area contributed by atoms with Crippen LogP contribution in [0.4, 0.5) is 0 Å². The molecule has 0 amide bonds. The first-order chi connectivity index (χ1) is 13.8. The van der Waals surface area contributed by atoms with Crippen molar-refractivity contribution < 1.29 is 14.2 Å². The van der Waals surface area contributed by atoms with Gasteiger partial charge in [0.25, 0.3) is 0 Å². The molecule has 1 aromatic carbocycles. The Bertz CT molecular complexity index is 1030. The number of fused-ring (bicyclic) bond motifs is 1. The van der Waals surface area contributed by atoms with Crippen molar-refractivity contribution in [3.05, 3.63) is 53.9 Å². The Balaban J connectivity index is 1.70. The highest BCUT2D eigenvalue weighted by Crippen LogP contribution is 2.34. The lowest BCUT2D eigenvalue weighted by Crippen LogP contribution is -2.35. The molecule has 3 heterocycles. The minimum Gasteiger partial charge on any atom is -0.480 e. The van der Waals surface area contributed by atoms with E-state index >= 15 is 0 Å². The van der Waals surface area contributed by atoms with Gasteiger partial charge in [-0.15, -0.1) is 0 Å². The van der Waals surface area contributed by atoms with Gasteiger partial charge in [-0.3, -0.25) is 9.88 Å². The van der Waals surface area contributed by atoms with Gasteiger partial charge in [-0.05, 0) is 17.7 Å². The van der Waals surface area contributed by atoms with E-state index in [1.165, 1.54) is 12.7 Å². The van der Waals surface area contributed by atoms with Crippen LogP contribution in [-0.2, 0) is 11.3 Å². The Morgan fingerprint density at radius 2 is 1.96 bits per heavy atom. The van der Waals surface area contributed by atoms with Gasteiger partial charge in [0, 0.05) is 43.5 Å². The molecule has 0 spiro atoms. The summed E-state index contributed by atoms with van der Waals surface area (Å²) in [5.74, 6) is 1.22. The van der Waals surface area contributed by atoms with Gasteiger partial charge < -0.3 is 14.2 Å². The van der Waals surface area contributed by atoms with E-state index in [0.717, 1.165) is 43.8 Å². The average molecular weight is 376 g/mol. The van der Waals surface area contributed by atoms with Gasteiger partial charge >= 0.3 is 0 Å². The molecule has 1 fully saturated rings. The Morgan fingerprint density at radius 1 is 1.11 bits per heavy atom. The number of hydrogen-bond acceptors (Lipinski definition) is 7. The number of benzene rings is 1. The summed E-state index contributed by atoms with van der Waals surface area (Å²) in [6.45, 7) is 4.19. The molecule has 7 heteroatoms. The van der Waals surface area contributed by atoms with E-state index in [-0.39, 0.29) is 11.4 Å². The fourth-order valence-electron chi connectivity index (χ4n) is 3.31. The molecule has 0 bridgehead atoms. The highest BCUT2D eigenvalue weighted by molar-refractivity contribution is 5.87. The third-order valence-corrected chi connectivity index (χ3v) is 4.72. The van der Waals surface area contributed by atoms with Crippen LogP contribution in [0.15, 0.2) is 42.7 Å². The zero-order valence-electron chi connectivity index (χ0n) is 15.6. The number of hydrogen-bond donors (Lipinski definition) is 0. The van der Waals surface area contributed by atoms with Crippen LogP contribution in [0.3, 0.4) is 0 Å². The highest BCUT2D eigenvalue weighted by Gasteiger charge is 2.17. The number of methoxy groups -OCH3 is 1. The number of nitrogens with zero attached hydrogens (tertiary/aromatic N) is 4. The molecule has 0 aliphatic carbocycles. The van der Waals surface area contributed by atoms with Crippen LogP contribution in [0.1, 0.15) is 11.1 Å². The summed E-state index contributed by atoms with van der Waals surface area (Å²) in [4.78, 5) is 11.0. The summed E-state index contributed by atoms with van der Waals surface area (Å²) in [6, 6.07) is 11.7. The van der Waals surface area contributed by atoms with E-state index in [4.69, 9.17) is 14.2 Å². The Kier molecular flexibility index (Phi) is 5.33. The Hall–Kier alpha value is -3.21. The van der Waals surface area contributed by atoms with Gasteiger partial charge in [0.05, 0.1) is 20.3 Å². The first-order valence-corrected chi connectivity index (χ1v) is 9.08. The largest absolute Gasteiger partial charge is 0.480 e. The van der Waals surface area contributed by atoms with E-state index in [2.05, 4.69) is 27.0 Å². The molecule has 2 aromatic heterocycles.